The second kappa shape index (κ2) is 4.46. The van der Waals surface area contributed by atoms with Crippen molar-refractivity contribution in [3.05, 3.63) is 65.7 Å². The molecule has 1 atom stereocenters. The average molecular weight is 241 g/mol. The lowest BCUT2D eigenvalue weighted by molar-refractivity contribution is 1.07. The molecule has 84 valence electrons. The summed E-state index contributed by atoms with van der Waals surface area (Å²) in [7, 11) is 0.312. The van der Waals surface area contributed by atoms with E-state index in [0.717, 1.165) is 5.75 Å². The second-order valence-corrected chi connectivity index (χ2v) is 6.36. The fourth-order valence-corrected chi connectivity index (χ4v) is 4.28. The molecular weight excluding hydrogens is 226 g/mol. The lowest BCUT2D eigenvalue weighted by atomic mass is 9.95. The van der Waals surface area contributed by atoms with Crippen molar-refractivity contribution < 1.29 is 0 Å². The van der Waals surface area contributed by atoms with Crippen LogP contribution in [0.3, 0.4) is 0 Å². The molecule has 0 bridgehead atoms. The van der Waals surface area contributed by atoms with Crippen LogP contribution in [0.1, 0.15) is 18.1 Å². The number of aromatic nitrogens is 1. The largest absolute Gasteiger partial charge is 0.317 e. The Morgan fingerprint density at radius 1 is 1.18 bits per heavy atom. The molecule has 2 heterocycles. The summed E-state index contributed by atoms with van der Waals surface area (Å²) in [6, 6.07) is 15.0. The molecule has 0 saturated heterocycles. The zero-order valence-electron chi connectivity index (χ0n) is 9.89. The van der Waals surface area contributed by atoms with Crippen molar-refractivity contribution in [3.63, 3.8) is 0 Å². The molecule has 1 aromatic heterocycles. The Bertz CT molecular complexity index is 509. The first-order valence-corrected chi connectivity index (χ1v) is 7.50. The molecular formula is C15H15NS+2. The quantitative estimate of drug-likeness (QED) is 0.581. The Hall–Kier alpha value is -1.41. The molecule has 1 nitrogen and oxygen atoms in total. The normalized spacial score (nSPS) is 18.2. The Morgan fingerprint density at radius 3 is 2.76 bits per heavy atom. The molecule has 0 spiro atoms. The maximum absolute atomic E-state index is 4.58. The van der Waals surface area contributed by atoms with Crippen molar-refractivity contribution in [2.24, 2.45) is 0 Å². The van der Waals surface area contributed by atoms with Crippen molar-refractivity contribution in [2.45, 2.75) is 11.9 Å². The molecule has 1 unspecified atom stereocenters. The highest BCUT2D eigenvalue weighted by Gasteiger charge is 2.46. The summed E-state index contributed by atoms with van der Waals surface area (Å²) in [5.74, 6) is 3.83. The molecule has 2 aromatic rings. The first-order valence-electron chi connectivity index (χ1n) is 5.94. The lowest BCUT2D eigenvalue weighted by Gasteiger charge is -2.00. The summed E-state index contributed by atoms with van der Waals surface area (Å²) in [6.07, 6.45) is 1.92. The van der Waals surface area contributed by atoms with Crippen molar-refractivity contribution in [3.8, 4) is 0 Å². The highest BCUT2D eigenvalue weighted by molar-refractivity contribution is 7.97. The number of fused-ring (bicyclic) bond motifs is 1. The van der Waals surface area contributed by atoms with Gasteiger partial charge in [-0.2, -0.15) is 4.98 Å². The summed E-state index contributed by atoms with van der Waals surface area (Å²) < 4.78 is 0. The van der Waals surface area contributed by atoms with Crippen LogP contribution in [0.25, 0.3) is 0 Å². The third-order valence-corrected chi connectivity index (χ3v) is 5.37. The van der Waals surface area contributed by atoms with Crippen LogP contribution in [-0.2, 0) is 10.9 Å². The van der Waals surface area contributed by atoms with E-state index in [1.165, 1.54) is 27.8 Å². The number of hydrogen-bond donors (Lipinski definition) is 0. The molecule has 0 radical (unpaired) electrons. The van der Waals surface area contributed by atoms with E-state index in [1.807, 2.05) is 12.3 Å². The predicted octanol–water partition coefficient (Wildman–Crippen LogP) is 3.06. The molecule has 0 amide bonds. The topological polar surface area (TPSA) is 12.9 Å². The molecule has 0 N–H and O–H groups in total. The van der Waals surface area contributed by atoms with Crippen molar-refractivity contribution in [1.29, 1.82) is 0 Å². The van der Waals surface area contributed by atoms with Gasteiger partial charge in [0.1, 0.15) is 11.7 Å². The van der Waals surface area contributed by atoms with Gasteiger partial charge in [0.25, 0.3) is 0 Å². The fraction of sp³-hybridized carbons (Fsp3) is 0.200. The molecule has 2 heteroatoms. The summed E-state index contributed by atoms with van der Waals surface area (Å²) >= 11 is 0. The SMILES string of the molecule is CC[S+]1C[C+](c2ccccc2)c2cccnc21. The molecule has 1 aromatic carbocycles. The first-order chi connectivity index (χ1) is 8.40. The van der Waals surface area contributed by atoms with E-state index >= 15 is 0 Å². The number of rotatable bonds is 2. The minimum absolute atomic E-state index is 0.312. The summed E-state index contributed by atoms with van der Waals surface area (Å²) in [6.45, 7) is 2.26. The number of pyridine rings is 1. The average Bonchev–Trinajstić information content (AvgIpc) is 2.78. The number of hydrogen-bond acceptors (Lipinski definition) is 1. The number of nitrogens with zero attached hydrogens (tertiary/aromatic N) is 1. The van der Waals surface area contributed by atoms with Crippen LogP contribution in [-0.4, -0.2) is 16.5 Å². The Kier molecular flexibility index (Phi) is 2.81. The van der Waals surface area contributed by atoms with Crippen LogP contribution in [0.5, 0.6) is 0 Å². The van der Waals surface area contributed by atoms with Crippen LogP contribution in [0.15, 0.2) is 53.7 Å². The highest BCUT2D eigenvalue weighted by atomic mass is 32.2. The number of benzene rings is 1. The second-order valence-electron chi connectivity index (χ2n) is 4.13. The third-order valence-electron chi connectivity index (χ3n) is 3.16. The van der Waals surface area contributed by atoms with Gasteiger partial charge in [0.05, 0.1) is 16.5 Å². The minimum Gasteiger partial charge on any atom is -0.170 e. The van der Waals surface area contributed by atoms with E-state index in [2.05, 4.69) is 48.3 Å². The molecule has 1 aliphatic rings. The maximum atomic E-state index is 4.58. The highest BCUT2D eigenvalue weighted by Crippen LogP contribution is 2.37. The Morgan fingerprint density at radius 2 is 2.00 bits per heavy atom. The summed E-state index contributed by atoms with van der Waals surface area (Å²) in [4.78, 5) is 4.58. The molecule has 3 rings (SSSR count). The molecule has 0 saturated carbocycles. The van der Waals surface area contributed by atoms with Crippen LogP contribution >= 0.6 is 0 Å². The van der Waals surface area contributed by atoms with Crippen LogP contribution < -0.4 is 0 Å². The molecule has 0 aliphatic carbocycles. The van der Waals surface area contributed by atoms with Crippen LogP contribution in [0.4, 0.5) is 0 Å². The standard InChI is InChI=1S/C15H15NS/c1-2-17-11-14(12-7-4-3-5-8-12)13-9-6-10-16-15(13)17/h3-10H,2,11H2,1H3/q+2. The Labute approximate surface area is 105 Å². The van der Waals surface area contributed by atoms with Crippen LogP contribution in [0.2, 0.25) is 0 Å². The van der Waals surface area contributed by atoms with E-state index in [-0.39, 0.29) is 0 Å². The van der Waals surface area contributed by atoms with Gasteiger partial charge < -0.3 is 0 Å². The Balaban J connectivity index is 2.05. The third kappa shape index (κ3) is 1.83. The maximum Gasteiger partial charge on any atom is 0.317 e. The van der Waals surface area contributed by atoms with Gasteiger partial charge in [-0.15, -0.1) is 0 Å². The zero-order chi connectivity index (χ0) is 11.7. The van der Waals surface area contributed by atoms with E-state index in [4.69, 9.17) is 0 Å². The summed E-state index contributed by atoms with van der Waals surface area (Å²) in [5.41, 5.74) is 2.72. The van der Waals surface area contributed by atoms with Gasteiger partial charge in [-0.25, -0.2) is 0 Å². The van der Waals surface area contributed by atoms with E-state index in [1.54, 1.807) is 0 Å². The smallest absolute Gasteiger partial charge is 0.170 e. The van der Waals surface area contributed by atoms with E-state index < -0.39 is 0 Å². The molecule has 0 fully saturated rings. The summed E-state index contributed by atoms with van der Waals surface area (Å²) in [5, 5.41) is 1.31. The van der Waals surface area contributed by atoms with Gasteiger partial charge in [0.2, 0.25) is 0 Å². The van der Waals surface area contributed by atoms with E-state index in [9.17, 15) is 0 Å². The van der Waals surface area contributed by atoms with Gasteiger partial charge in [0, 0.05) is 24.4 Å². The minimum atomic E-state index is 0.312. The van der Waals surface area contributed by atoms with Gasteiger partial charge in [0.15, 0.2) is 11.3 Å². The van der Waals surface area contributed by atoms with Gasteiger partial charge in [-0.3, -0.25) is 0 Å². The van der Waals surface area contributed by atoms with E-state index in [0.29, 0.717) is 10.9 Å². The lowest BCUT2D eigenvalue weighted by Crippen LogP contribution is -2.09. The molecule has 17 heavy (non-hydrogen) atoms. The zero-order valence-corrected chi connectivity index (χ0v) is 10.7. The monoisotopic (exact) mass is 241 g/mol. The van der Waals surface area contributed by atoms with Crippen molar-refractivity contribution >= 4 is 10.9 Å². The van der Waals surface area contributed by atoms with Crippen molar-refractivity contribution in [1.82, 2.24) is 4.98 Å². The van der Waals surface area contributed by atoms with Crippen molar-refractivity contribution in [2.75, 3.05) is 11.5 Å². The van der Waals surface area contributed by atoms with Gasteiger partial charge in [-0.1, -0.05) is 0 Å². The predicted molar refractivity (Wildman–Crippen MR) is 73.2 cm³/mol. The fourth-order valence-electron chi connectivity index (χ4n) is 2.29. The first kappa shape index (κ1) is 10.7. The van der Waals surface area contributed by atoms with Crippen LogP contribution in [0, 0.1) is 5.92 Å². The van der Waals surface area contributed by atoms with Gasteiger partial charge in [-0.05, 0) is 31.2 Å². The van der Waals surface area contributed by atoms with Gasteiger partial charge >= 0.3 is 5.03 Å². The molecule has 1 aliphatic heterocycles.